The number of methoxy groups -OCH3 is 1. The van der Waals surface area contributed by atoms with Crippen LogP contribution in [0.2, 0.25) is 0 Å². The van der Waals surface area contributed by atoms with Crippen LogP contribution in [0.1, 0.15) is 25.3 Å². The van der Waals surface area contributed by atoms with Gasteiger partial charge < -0.3 is 14.7 Å². The van der Waals surface area contributed by atoms with Crippen molar-refractivity contribution in [3.05, 3.63) is 35.9 Å². The number of rotatable bonds is 5. The van der Waals surface area contributed by atoms with Crippen molar-refractivity contribution in [2.75, 3.05) is 26.8 Å². The van der Waals surface area contributed by atoms with Gasteiger partial charge in [0.1, 0.15) is 5.75 Å². The van der Waals surface area contributed by atoms with E-state index < -0.39 is 0 Å². The molecule has 1 unspecified atom stereocenters. The molecule has 1 fully saturated rings. The van der Waals surface area contributed by atoms with Gasteiger partial charge in [-0.15, -0.1) is 0 Å². The molecule has 1 amide bonds. The molecular formula is C17H23NO3. The zero-order chi connectivity index (χ0) is 15.2. The second-order valence-electron chi connectivity index (χ2n) is 5.37. The molecule has 0 radical (unpaired) electrons. The Hall–Kier alpha value is -1.81. The fourth-order valence-electron chi connectivity index (χ4n) is 2.62. The molecule has 2 rings (SSSR count). The van der Waals surface area contributed by atoms with Gasteiger partial charge in [0.15, 0.2) is 0 Å². The number of ether oxygens (including phenoxy) is 1. The molecule has 0 bridgehead atoms. The summed E-state index contributed by atoms with van der Waals surface area (Å²) in [7, 11) is 1.64. The first kappa shape index (κ1) is 15.6. The van der Waals surface area contributed by atoms with Crippen LogP contribution in [-0.4, -0.2) is 42.7 Å². The summed E-state index contributed by atoms with van der Waals surface area (Å²) in [5, 5.41) is 9.16. The number of likely N-dealkylation sites (tertiary alicyclic amines) is 1. The first-order valence-electron chi connectivity index (χ1n) is 7.42. The van der Waals surface area contributed by atoms with E-state index in [2.05, 4.69) is 0 Å². The van der Waals surface area contributed by atoms with Gasteiger partial charge >= 0.3 is 0 Å². The molecule has 1 saturated heterocycles. The first-order chi connectivity index (χ1) is 10.2. The number of aliphatic hydroxyl groups is 1. The highest BCUT2D eigenvalue weighted by Crippen LogP contribution is 2.22. The Morgan fingerprint density at radius 2 is 2.14 bits per heavy atom. The van der Waals surface area contributed by atoms with E-state index in [0.29, 0.717) is 6.54 Å². The predicted molar refractivity (Wildman–Crippen MR) is 83.0 cm³/mol. The molecule has 1 atom stereocenters. The largest absolute Gasteiger partial charge is 0.497 e. The van der Waals surface area contributed by atoms with Gasteiger partial charge in [-0.1, -0.05) is 19.1 Å². The second-order valence-corrected chi connectivity index (χ2v) is 5.37. The number of aliphatic hydroxyl groups excluding tert-OH is 1. The average Bonchev–Trinajstić information content (AvgIpc) is 3.01. The van der Waals surface area contributed by atoms with Crippen LogP contribution in [0, 0.1) is 5.92 Å². The van der Waals surface area contributed by atoms with Crippen molar-refractivity contribution in [1.29, 1.82) is 0 Å². The molecule has 1 heterocycles. The van der Waals surface area contributed by atoms with Gasteiger partial charge in [-0.25, -0.2) is 0 Å². The molecule has 0 spiro atoms. The Kier molecular flexibility index (Phi) is 5.39. The van der Waals surface area contributed by atoms with Crippen LogP contribution in [0.15, 0.2) is 30.3 Å². The number of hydrogen-bond donors (Lipinski definition) is 1. The summed E-state index contributed by atoms with van der Waals surface area (Å²) in [6.45, 7) is 3.60. The van der Waals surface area contributed by atoms with Crippen molar-refractivity contribution in [3.63, 3.8) is 0 Å². The number of carbonyl (C=O) groups is 1. The minimum absolute atomic E-state index is 0.0404. The number of nitrogens with zero attached hydrogens (tertiary/aromatic N) is 1. The molecule has 1 aromatic rings. The van der Waals surface area contributed by atoms with Gasteiger partial charge in [-0.2, -0.15) is 0 Å². The minimum atomic E-state index is 0.0404. The van der Waals surface area contributed by atoms with Crippen molar-refractivity contribution in [2.24, 2.45) is 5.92 Å². The predicted octanol–water partition coefficient (Wildman–Crippen LogP) is 2.33. The molecule has 4 nitrogen and oxygen atoms in total. The minimum Gasteiger partial charge on any atom is -0.497 e. The molecule has 1 aliphatic heterocycles. The highest BCUT2D eigenvalue weighted by Gasteiger charge is 2.24. The van der Waals surface area contributed by atoms with E-state index in [9.17, 15) is 4.79 Å². The molecule has 21 heavy (non-hydrogen) atoms. The summed E-state index contributed by atoms with van der Waals surface area (Å²) in [4.78, 5) is 14.1. The maximum absolute atomic E-state index is 12.3. The lowest BCUT2D eigenvalue weighted by Crippen LogP contribution is -2.27. The molecule has 0 aliphatic carbocycles. The van der Waals surface area contributed by atoms with Crippen molar-refractivity contribution in [3.8, 4) is 5.75 Å². The zero-order valence-electron chi connectivity index (χ0n) is 12.7. The SMILES string of the molecule is CC/C(=C/C(=O)N1CCC(CO)C1)c1ccc(OC)cc1. The van der Waals surface area contributed by atoms with Gasteiger partial charge in [0.25, 0.3) is 0 Å². The third kappa shape index (κ3) is 3.85. The van der Waals surface area contributed by atoms with Crippen molar-refractivity contribution in [1.82, 2.24) is 4.90 Å². The molecule has 1 aliphatic rings. The summed E-state index contributed by atoms with van der Waals surface area (Å²) >= 11 is 0. The van der Waals surface area contributed by atoms with E-state index in [0.717, 1.165) is 36.3 Å². The lowest BCUT2D eigenvalue weighted by atomic mass is 10.0. The summed E-state index contributed by atoms with van der Waals surface area (Å²) in [6, 6.07) is 7.76. The van der Waals surface area contributed by atoms with Crippen molar-refractivity contribution < 1.29 is 14.6 Å². The summed E-state index contributed by atoms with van der Waals surface area (Å²) in [5.41, 5.74) is 2.07. The number of carbonyl (C=O) groups excluding carboxylic acids is 1. The van der Waals surface area contributed by atoms with Crippen LogP contribution < -0.4 is 4.74 Å². The summed E-state index contributed by atoms with van der Waals surface area (Å²) in [5.74, 6) is 1.08. The van der Waals surface area contributed by atoms with E-state index in [1.165, 1.54) is 0 Å². The Bertz CT molecular complexity index is 507. The van der Waals surface area contributed by atoms with Gasteiger partial charge in [0.2, 0.25) is 5.91 Å². The highest BCUT2D eigenvalue weighted by molar-refractivity contribution is 5.95. The number of amides is 1. The van der Waals surface area contributed by atoms with Crippen molar-refractivity contribution in [2.45, 2.75) is 19.8 Å². The summed E-state index contributed by atoms with van der Waals surface area (Å²) < 4.78 is 5.15. The third-order valence-corrected chi connectivity index (χ3v) is 4.00. The highest BCUT2D eigenvalue weighted by atomic mass is 16.5. The Morgan fingerprint density at radius 3 is 2.67 bits per heavy atom. The number of hydrogen-bond acceptors (Lipinski definition) is 3. The second kappa shape index (κ2) is 7.27. The molecule has 114 valence electrons. The van der Waals surface area contributed by atoms with Crippen LogP contribution >= 0.6 is 0 Å². The third-order valence-electron chi connectivity index (χ3n) is 4.00. The van der Waals surface area contributed by atoms with Gasteiger partial charge in [0, 0.05) is 31.7 Å². The van der Waals surface area contributed by atoms with Crippen LogP contribution in [0.3, 0.4) is 0 Å². The molecule has 1 N–H and O–H groups in total. The summed E-state index contributed by atoms with van der Waals surface area (Å²) in [6.07, 6.45) is 3.41. The van der Waals surface area contributed by atoms with Crippen LogP contribution in [0.5, 0.6) is 5.75 Å². The molecular weight excluding hydrogens is 266 g/mol. The first-order valence-corrected chi connectivity index (χ1v) is 7.42. The Labute approximate surface area is 126 Å². The normalized spacial score (nSPS) is 18.9. The Morgan fingerprint density at radius 1 is 1.43 bits per heavy atom. The quantitative estimate of drug-likeness (QED) is 0.846. The number of allylic oxidation sites excluding steroid dienone is 1. The van der Waals surface area contributed by atoms with E-state index in [-0.39, 0.29) is 18.4 Å². The van der Waals surface area contributed by atoms with Crippen molar-refractivity contribution >= 4 is 11.5 Å². The average molecular weight is 289 g/mol. The smallest absolute Gasteiger partial charge is 0.246 e. The number of benzene rings is 1. The molecule has 1 aromatic carbocycles. The fourth-order valence-corrected chi connectivity index (χ4v) is 2.62. The zero-order valence-corrected chi connectivity index (χ0v) is 12.7. The fraction of sp³-hybridized carbons (Fsp3) is 0.471. The van der Waals surface area contributed by atoms with Gasteiger partial charge in [-0.3, -0.25) is 4.79 Å². The van der Waals surface area contributed by atoms with E-state index in [1.807, 2.05) is 36.1 Å². The molecule has 0 saturated carbocycles. The maximum Gasteiger partial charge on any atom is 0.246 e. The van der Waals surface area contributed by atoms with Gasteiger partial charge in [-0.05, 0) is 36.1 Å². The lowest BCUT2D eigenvalue weighted by molar-refractivity contribution is -0.125. The lowest BCUT2D eigenvalue weighted by Gasteiger charge is -2.15. The topological polar surface area (TPSA) is 49.8 Å². The molecule has 0 aromatic heterocycles. The van der Waals surface area contributed by atoms with E-state index in [4.69, 9.17) is 9.84 Å². The Balaban J connectivity index is 2.10. The van der Waals surface area contributed by atoms with Crippen LogP contribution in [0.4, 0.5) is 0 Å². The molecule has 4 heteroatoms. The van der Waals surface area contributed by atoms with E-state index >= 15 is 0 Å². The maximum atomic E-state index is 12.3. The van der Waals surface area contributed by atoms with Crippen LogP contribution in [-0.2, 0) is 4.79 Å². The standard InChI is InChI=1S/C17H23NO3/c1-3-14(15-4-6-16(21-2)7-5-15)10-17(20)18-9-8-13(11-18)12-19/h4-7,10,13,19H,3,8-9,11-12H2,1-2H3/b14-10-. The van der Waals surface area contributed by atoms with Gasteiger partial charge in [0.05, 0.1) is 7.11 Å². The monoisotopic (exact) mass is 289 g/mol. The van der Waals surface area contributed by atoms with E-state index in [1.54, 1.807) is 13.2 Å². The van der Waals surface area contributed by atoms with Crippen LogP contribution in [0.25, 0.3) is 5.57 Å².